The number of fused-ring (bicyclic) bond motifs is 1. The number of H-pyrrole nitrogens is 1. The summed E-state index contributed by atoms with van der Waals surface area (Å²) in [6.45, 7) is -2.36. The van der Waals surface area contributed by atoms with Crippen LogP contribution in [0.15, 0.2) is 34.5 Å². The Labute approximate surface area is 281 Å². The van der Waals surface area contributed by atoms with Crippen molar-refractivity contribution in [2.75, 3.05) is 18.9 Å². The number of phosphoric ester groups is 1. The van der Waals surface area contributed by atoms with E-state index in [2.05, 4.69) is 27.9 Å². The number of phosphoric acid groups is 4. The Bertz CT molecular complexity index is 2070. The van der Waals surface area contributed by atoms with Crippen molar-refractivity contribution >= 4 is 48.3 Å². The summed E-state index contributed by atoms with van der Waals surface area (Å²) in [6.07, 6.45) is -11.1. The van der Waals surface area contributed by atoms with E-state index in [1.54, 1.807) is 0 Å². The number of anilines is 1. The van der Waals surface area contributed by atoms with Gasteiger partial charge in [0.25, 0.3) is 5.56 Å². The summed E-state index contributed by atoms with van der Waals surface area (Å²) in [4.78, 5) is 74.3. The van der Waals surface area contributed by atoms with E-state index >= 15 is 0 Å². The van der Waals surface area contributed by atoms with Crippen molar-refractivity contribution in [1.29, 1.82) is 0 Å². The molecule has 51 heavy (non-hydrogen) atoms. The number of nitrogens with two attached hydrogens (primary N) is 1. The van der Waals surface area contributed by atoms with E-state index in [4.69, 9.17) is 34.0 Å². The van der Waals surface area contributed by atoms with Crippen molar-refractivity contribution in [3.8, 4) is 0 Å². The molecule has 11 N–H and O–H groups in total. The molecule has 11 atom stereocenters. The van der Waals surface area contributed by atoms with Gasteiger partial charge < -0.3 is 55.2 Å². The molecule has 0 spiro atoms. The molecule has 3 aromatic heterocycles. The van der Waals surface area contributed by atoms with E-state index in [9.17, 15) is 58.1 Å². The summed E-state index contributed by atoms with van der Waals surface area (Å²) in [5, 5.41) is 42.3. The van der Waals surface area contributed by atoms with Crippen LogP contribution >= 0.6 is 31.3 Å². The molecule has 32 heteroatoms. The summed E-state index contributed by atoms with van der Waals surface area (Å²) in [6, 6.07) is 0.873. The van der Waals surface area contributed by atoms with Gasteiger partial charge in [-0.1, -0.05) is 0 Å². The highest BCUT2D eigenvalue weighted by Gasteiger charge is 2.51. The van der Waals surface area contributed by atoms with Gasteiger partial charge in [-0.25, -0.2) is 38.0 Å². The first-order valence-electron chi connectivity index (χ1n) is 13.6. The van der Waals surface area contributed by atoms with Gasteiger partial charge in [0, 0.05) is 12.3 Å². The molecular formula is C19H27N7O21P4. The number of imidazole rings is 1. The number of aliphatic hydroxyl groups is 4. The zero-order valence-corrected chi connectivity index (χ0v) is 28.4. The monoisotopic (exact) mass is 813 g/mol. The Hall–Kier alpha value is -2.65. The van der Waals surface area contributed by atoms with Crippen molar-refractivity contribution in [1.82, 2.24) is 29.1 Å². The third-order valence-electron chi connectivity index (χ3n) is 6.87. The number of nitrogens with zero attached hydrogens (tertiary/aromatic N) is 5. The zero-order valence-electron chi connectivity index (χ0n) is 24.8. The van der Waals surface area contributed by atoms with Crippen molar-refractivity contribution in [2.45, 2.75) is 49.1 Å². The first kappa shape index (κ1) is 39.6. The molecule has 2 saturated heterocycles. The van der Waals surface area contributed by atoms with Gasteiger partial charge in [-0.2, -0.15) is 12.9 Å². The van der Waals surface area contributed by atoms with Crippen LogP contribution in [0.25, 0.3) is 11.2 Å². The molecule has 0 radical (unpaired) electrons. The molecule has 0 bridgehead atoms. The predicted octanol–water partition coefficient (Wildman–Crippen LogP) is -3.32. The van der Waals surface area contributed by atoms with Gasteiger partial charge in [-0.3, -0.25) is 28.0 Å². The molecule has 5 heterocycles. The summed E-state index contributed by atoms with van der Waals surface area (Å²) in [5.74, 6) is -0.0443. The Morgan fingerprint density at radius 1 is 0.784 bits per heavy atom. The Kier molecular flexibility index (Phi) is 11.4. The minimum atomic E-state index is -6.27. The normalized spacial score (nSPS) is 30.6. The van der Waals surface area contributed by atoms with Gasteiger partial charge in [-0.05, 0) is 0 Å². The number of hydrogen-bond donors (Lipinski definition) is 10. The number of nitrogens with one attached hydrogen (secondary N) is 1. The van der Waals surface area contributed by atoms with E-state index in [0.717, 1.165) is 29.5 Å². The van der Waals surface area contributed by atoms with Gasteiger partial charge >= 0.3 is 37.0 Å². The van der Waals surface area contributed by atoms with E-state index in [0.29, 0.717) is 4.57 Å². The van der Waals surface area contributed by atoms with Crippen LogP contribution in [0.1, 0.15) is 12.5 Å². The second-order valence-electron chi connectivity index (χ2n) is 10.4. The molecule has 0 aromatic carbocycles. The summed E-state index contributed by atoms with van der Waals surface area (Å²) in [7, 11) is -24.0. The largest absolute Gasteiger partial charge is 0.490 e. The van der Waals surface area contributed by atoms with E-state index < -0.39 is 105 Å². The molecule has 284 valence electrons. The van der Waals surface area contributed by atoms with Crippen molar-refractivity contribution in [2.24, 2.45) is 0 Å². The highest BCUT2D eigenvalue weighted by molar-refractivity contribution is 7.69. The fourth-order valence-electron chi connectivity index (χ4n) is 4.71. The van der Waals surface area contributed by atoms with Gasteiger partial charge in [0.1, 0.15) is 48.5 Å². The second-order valence-corrected chi connectivity index (χ2v) is 16.6. The van der Waals surface area contributed by atoms with Crippen LogP contribution in [0.5, 0.6) is 0 Å². The fraction of sp³-hybridized carbons (Fsp3) is 0.526. The minimum Gasteiger partial charge on any atom is -0.387 e. The van der Waals surface area contributed by atoms with E-state index in [1.807, 2.05) is 4.98 Å². The minimum absolute atomic E-state index is 0.0433. The summed E-state index contributed by atoms with van der Waals surface area (Å²) >= 11 is 0. The molecule has 5 rings (SSSR count). The molecule has 7 unspecified atom stereocenters. The third-order valence-corrected chi connectivity index (χ3v) is 12.8. The maximum Gasteiger partial charge on any atom is 0.490 e. The SMILES string of the molecule is Nc1ncnc2c1ncn2[C@@H]1O[C@H](COP(=O)(OC[C@@H]2O[C@H](n3ccc(=O)[nH]c3=O)C(O)C2O)OP(=O)(O)OP(=O)(O)OP(=O)(O)O)C(O)C1O. The predicted molar refractivity (Wildman–Crippen MR) is 157 cm³/mol. The molecule has 28 nitrogen and oxygen atoms in total. The van der Waals surface area contributed by atoms with Gasteiger partial charge in [0.15, 0.2) is 23.9 Å². The van der Waals surface area contributed by atoms with Crippen LogP contribution in [0, 0.1) is 0 Å². The highest BCUT2D eigenvalue weighted by Crippen LogP contribution is 2.72. The third kappa shape index (κ3) is 9.12. The molecule has 2 aliphatic heterocycles. The Morgan fingerprint density at radius 3 is 1.88 bits per heavy atom. The Morgan fingerprint density at radius 2 is 1.33 bits per heavy atom. The van der Waals surface area contributed by atoms with Crippen molar-refractivity contribution < 1.29 is 89.7 Å². The van der Waals surface area contributed by atoms with Gasteiger partial charge in [0.05, 0.1) is 19.5 Å². The van der Waals surface area contributed by atoms with Crippen LogP contribution in [0.3, 0.4) is 0 Å². The fourth-order valence-corrected chi connectivity index (χ4v) is 9.73. The molecule has 3 aromatic rings. The summed E-state index contributed by atoms with van der Waals surface area (Å²) in [5.41, 5.74) is 3.98. The number of aromatic nitrogens is 6. The number of hydrogen-bond acceptors (Lipinski definition) is 21. The quantitative estimate of drug-likeness (QED) is 0.0712. The Balaban J connectivity index is 1.35. The van der Waals surface area contributed by atoms with E-state index in [1.165, 1.54) is 0 Å². The lowest BCUT2D eigenvalue weighted by Crippen LogP contribution is -2.37. The van der Waals surface area contributed by atoms with E-state index in [-0.39, 0.29) is 17.0 Å². The molecule has 2 aliphatic rings. The number of nitrogen functional groups attached to an aromatic ring is 1. The lowest BCUT2D eigenvalue weighted by Gasteiger charge is -2.24. The molecule has 0 aliphatic carbocycles. The molecular weight excluding hydrogens is 786 g/mol. The van der Waals surface area contributed by atoms with Crippen LogP contribution in [0.2, 0.25) is 0 Å². The van der Waals surface area contributed by atoms with Crippen LogP contribution < -0.4 is 17.0 Å². The van der Waals surface area contributed by atoms with Gasteiger partial charge in [-0.15, -0.1) is 0 Å². The average Bonchev–Trinajstić information content (AvgIpc) is 3.63. The van der Waals surface area contributed by atoms with Crippen LogP contribution in [-0.2, 0) is 49.7 Å². The smallest absolute Gasteiger partial charge is 0.387 e. The second kappa shape index (κ2) is 14.6. The number of rotatable bonds is 14. The average molecular weight is 813 g/mol. The van der Waals surface area contributed by atoms with Gasteiger partial charge in [0.2, 0.25) is 0 Å². The molecule has 2 fully saturated rings. The maximum absolute atomic E-state index is 13.7. The maximum atomic E-state index is 13.7. The zero-order chi connectivity index (χ0) is 37.7. The summed E-state index contributed by atoms with van der Waals surface area (Å²) < 4.78 is 83.3. The van der Waals surface area contributed by atoms with Crippen LogP contribution in [0.4, 0.5) is 5.82 Å². The van der Waals surface area contributed by atoms with Crippen molar-refractivity contribution in [3.63, 3.8) is 0 Å². The lowest BCUT2D eigenvalue weighted by molar-refractivity contribution is -0.0625. The standard InChI is InChI=1S/C19H27N7O21P4/c20-15-10-16(22-5-21-15)26(6-23-10)18-14(31)12(29)8(44-18)4-42-51(40,47-50(38,39)46-49(36,37)45-48(33,34)35)41-3-7-11(28)13(30)17(43-7)25-2-1-9(27)24-19(25)32/h1-2,5-8,11-14,17-18,28-31H,3-4H2,(H,36,37)(H,38,39)(H2,20,21,22)(H,24,27,32)(H2,33,34,35)/t7-,8+,11?,12?,13?,14?,17-,18+,51?/m0/s1. The topological polar surface area (TPSA) is 419 Å². The first-order chi connectivity index (χ1) is 23.6. The van der Waals surface area contributed by atoms with Crippen molar-refractivity contribution in [3.05, 3.63) is 45.8 Å². The lowest BCUT2D eigenvalue weighted by atomic mass is 10.1. The molecule has 0 saturated carbocycles. The number of ether oxygens (including phenoxy) is 2. The number of aliphatic hydroxyl groups excluding tert-OH is 4. The van der Waals surface area contributed by atoms with Crippen LogP contribution in [-0.4, -0.2) is 119 Å². The first-order valence-corrected chi connectivity index (χ1v) is 19.6. The number of aromatic amines is 1. The molecule has 0 amide bonds. The highest BCUT2D eigenvalue weighted by atomic mass is 31.3.